The molecule has 0 spiro atoms. The number of benzene rings is 2. The standard InChI is InChI=1S/C18H18BrNO3/c1-12-5-3-4-6-14(12)9-18(22)23-11-17(21)20-15-8-7-13(2)16(19)10-15/h3-8,10H,9,11H2,1-2H3,(H,20,21). The van der Waals surface area contributed by atoms with Crippen LogP contribution in [0.5, 0.6) is 0 Å². The largest absolute Gasteiger partial charge is 0.455 e. The molecule has 120 valence electrons. The first-order valence-corrected chi connectivity index (χ1v) is 8.01. The van der Waals surface area contributed by atoms with Crippen molar-refractivity contribution in [2.24, 2.45) is 0 Å². The molecule has 0 bridgehead atoms. The second kappa shape index (κ2) is 7.92. The van der Waals surface area contributed by atoms with E-state index in [9.17, 15) is 9.59 Å². The number of anilines is 1. The Balaban J connectivity index is 1.83. The van der Waals surface area contributed by atoms with Gasteiger partial charge in [-0.2, -0.15) is 0 Å². The molecule has 0 saturated heterocycles. The summed E-state index contributed by atoms with van der Waals surface area (Å²) in [5.41, 5.74) is 3.66. The molecule has 0 unspecified atom stereocenters. The molecule has 0 aromatic heterocycles. The van der Waals surface area contributed by atoms with E-state index >= 15 is 0 Å². The predicted octanol–water partition coefficient (Wildman–Crippen LogP) is 3.79. The summed E-state index contributed by atoms with van der Waals surface area (Å²) in [6.45, 7) is 3.60. The van der Waals surface area contributed by atoms with Crippen molar-refractivity contribution in [3.63, 3.8) is 0 Å². The van der Waals surface area contributed by atoms with Crippen LogP contribution in [0.4, 0.5) is 5.69 Å². The number of nitrogens with one attached hydrogen (secondary N) is 1. The molecular weight excluding hydrogens is 358 g/mol. The van der Waals surface area contributed by atoms with Gasteiger partial charge in [-0.3, -0.25) is 9.59 Å². The summed E-state index contributed by atoms with van der Waals surface area (Å²) in [6, 6.07) is 13.1. The van der Waals surface area contributed by atoms with Gasteiger partial charge < -0.3 is 10.1 Å². The average molecular weight is 376 g/mol. The highest BCUT2D eigenvalue weighted by Crippen LogP contribution is 2.20. The number of esters is 1. The number of carbonyl (C=O) groups is 2. The maximum Gasteiger partial charge on any atom is 0.310 e. The quantitative estimate of drug-likeness (QED) is 0.808. The van der Waals surface area contributed by atoms with Crippen molar-refractivity contribution in [3.05, 3.63) is 63.6 Å². The predicted molar refractivity (Wildman–Crippen MR) is 93.4 cm³/mol. The van der Waals surface area contributed by atoms with E-state index in [1.54, 1.807) is 6.07 Å². The number of amides is 1. The van der Waals surface area contributed by atoms with Crippen LogP contribution in [0, 0.1) is 13.8 Å². The van der Waals surface area contributed by atoms with Crippen LogP contribution in [0.3, 0.4) is 0 Å². The van der Waals surface area contributed by atoms with Crippen molar-refractivity contribution in [2.75, 3.05) is 11.9 Å². The summed E-state index contributed by atoms with van der Waals surface area (Å²) < 4.78 is 5.94. The highest BCUT2D eigenvalue weighted by Gasteiger charge is 2.10. The number of hydrogen-bond donors (Lipinski definition) is 1. The fourth-order valence-corrected chi connectivity index (χ4v) is 2.41. The Morgan fingerprint density at radius 1 is 1.09 bits per heavy atom. The van der Waals surface area contributed by atoms with Gasteiger partial charge in [-0.15, -0.1) is 0 Å². The summed E-state index contributed by atoms with van der Waals surface area (Å²) in [5.74, 6) is -0.779. The van der Waals surface area contributed by atoms with Crippen molar-refractivity contribution in [2.45, 2.75) is 20.3 Å². The third kappa shape index (κ3) is 5.21. The van der Waals surface area contributed by atoms with Crippen LogP contribution in [-0.2, 0) is 20.7 Å². The van der Waals surface area contributed by atoms with Crippen LogP contribution in [0.1, 0.15) is 16.7 Å². The van der Waals surface area contributed by atoms with Gasteiger partial charge in [-0.05, 0) is 42.7 Å². The fourth-order valence-electron chi connectivity index (χ4n) is 2.03. The molecule has 5 heteroatoms. The van der Waals surface area contributed by atoms with E-state index in [0.29, 0.717) is 5.69 Å². The number of rotatable bonds is 5. The molecule has 2 aromatic carbocycles. The van der Waals surface area contributed by atoms with Crippen molar-refractivity contribution in [3.8, 4) is 0 Å². The highest BCUT2D eigenvalue weighted by atomic mass is 79.9. The molecule has 2 aromatic rings. The van der Waals surface area contributed by atoms with E-state index in [4.69, 9.17) is 4.74 Å². The SMILES string of the molecule is Cc1ccc(NC(=O)COC(=O)Cc2ccccc2C)cc1Br. The van der Waals surface area contributed by atoms with Gasteiger partial charge in [-0.25, -0.2) is 0 Å². The average Bonchev–Trinajstić information content (AvgIpc) is 2.51. The van der Waals surface area contributed by atoms with E-state index in [1.807, 2.05) is 50.2 Å². The minimum atomic E-state index is -0.417. The zero-order valence-electron chi connectivity index (χ0n) is 13.1. The molecule has 0 saturated carbocycles. The van der Waals surface area contributed by atoms with E-state index in [2.05, 4.69) is 21.2 Å². The van der Waals surface area contributed by atoms with Crippen LogP contribution in [0.15, 0.2) is 46.9 Å². The zero-order chi connectivity index (χ0) is 16.8. The minimum absolute atomic E-state index is 0.163. The second-order valence-electron chi connectivity index (χ2n) is 5.28. The van der Waals surface area contributed by atoms with Gasteiger partial charge in [0.25, 0.3) is 5.91 Å². The van der Waals surface area contributed by atoms with Crippen molar-refractivity contribution in [1.82, 2.24) is 0 Å². The van der Waals surface area contributed by atoms with Crippen LogP contribution in [-0.4, -0.2) is 18.5 Å². The normalized spacial score (nSPS) is 10.2. The zero-order valence-corrected chi connectivity index (χ0v) is 14.6. The molecule has 1 N–H and O–H groups in total. The lowest BCUT2D eigenvalue weighted by Gasteiger charge is -2.09. The first-order chi connectivity index (χ1) is 11.0. The Morgan fingerprint density at radius 3 is 2.52 bits per heavy atom. The number of halogens is 1. The molecular formula is C18H18BrNO3. The third-order valence-corrected chi connectivity index (χ3v) is 4.27. The monoisotopic (exact) mass is 375 g/mol. The summed E-state index contributed by atoms with van der Waals surface area (Å²) >= 11 is 3.41. The number of carbonyl (C=O) groups excluding carboxylic acids is 2. The first kappa shape index (κ1) is 17.2. The lowest BCUT2D eigenvalue weighted by Crippen LogP contribution is -2.21. The maximum atomic E-state index is 11.8. The highest BCUT2D eigenvalue weighted by molar-refractivity contribution is 9.10. The fraction of sp³-hybridized carbons (Fsp3) is 0.222. The van der Waals surface area contributed by atoms with E-state index in [1.165, 1.54) is 0 Å². The van der Waals surface area contributed by atoms with Gasteiger partial charge >= 0.3 is 5.97 Å². The molecule has 2 rings (SSSR count). The topological polar surface area (TPSA) is 55.4 Å². The summed E-state index contributed by atoms with van der Waals surface area (Å²) in [6.07, 6.45) is 0.163. The molecule has 0 heterocycles. The van der Waals surface area contributed by atoms with Crippen molar-refractivity contribution >= 4 is 33.5 Å². The lowest BCUT2D eigenvalue weighted by molar-refractivity contribution is -0.146. The molecule has 0 radical (unpaired) electrons. The Kier molecular flexibility index (Phi) is 5.93. The van der Waals surface area contributed by atoms with Gasteiger partial charge in [0.2, 0.25) is 0 Å². The summed E-state index contributed by atoms with van der Waals surface area (Å²) in [5, 5.41) is 2.69. The molecule has 0 aliphatic carbocycles. The van der Waals surface area contributed by atoms with Gasteiger partial charge in [0.1, 0.15) is 0 Å². The first-order valence-electron chi connectivity index (χ1n) is 7.22. The number of aryl methyl sites for hydroxylation is 2. The second-order valence-corrected chi connectivity index (χ2v) is 6.13. The van der Waals surface area contributed by atoms with Crippen molar-refractivity contribution < 1.29 is 14.3 Å². The Hall–Kier alpha value is -2.14. The van der Waals surface area contributed by atoms with E-state index < -0.39 is 5.97 Å². The van der Waals surface area contributed by atoms with Crippen LogP contribution in [0.25, 0.3) is 0 Å². The molecule has 23 heavy (non-hydrogen) atoms. The smallest absolute Gasteiger partial charge is 0.310 e. The lowest BCUT2D eigenvalue weighted by atomic mass is 10.1. The van der Waals surface area contributed by atoms with Gasteiger partial charge in [0, 0.05) is 10.2 Å². The van der Waals surface area contributed by atoms with E-state index in [-0.39, 0.29) is 18.9 Å². The maximum absolute atomic E-state index is 11.8. The Bertz CT molecular complexity index is 728. The number of ether oxygens (including phenoxy) is 1. The Labute approximate surface area is 144 Å². The van der Waals surface area contributed by atoms with Crippen LogP contribution >= 0.6 is 15.9 Å². The van der Waals surface area contributed by atoms with Crippen LogP contribution < -0.4 is 5.32 Å². The molecule has 0 atom stereocenters. The van der Waals surface area contributed by atoms with Gasteiger partial charge in [-0.1, -0.05) is 46.3 Å². The summed E-state index contributed by atoms with van der Waals surface area (Å²) in [4.78, 5) is 23.6. The van der Waals surface area contributed by atoms with Gasteiger partial charge in [0.15, 0.2) is 6.61 Å². The Morgan fingerprint density at radius 2 is 1.83 bits per heavy atom. The van der Waals surface area contributed by atoms with Crippen molar-refractivity contribution in [1.29, 1.82) is 0 Å². The van der Waals surface area contributed by atoms with Gasteiger partial charge in [0.05, 0.1) is 6.42 Å². The third-order valence-electron chi connectivity index (χ3n) is 3.42. The molecule has 0 fully saturated rings. The molecule has 4 nitrogen and oxygen atoms in total. The molecule has 1 amide bonds. The van der Waals surface area contributed by atoms with E-state index in [0.717, 1.165) is 21.2 Å². The summed E-state index contributed by atoms with van der Waals surface area (Å²) in [7, 11) is 0. The molecule has 0 aliphatic rings. The van der Waals surface area contributed by atoms with Crippen LogP contribution in [0.2, 0.25) is 0 Å². The molecule has 0 aliphatic heterocycles. The minimum Gasteiger partial charge on any atom is -0.455 e. The number of hydrogen-bond acceptors (Lipinski definition) is 3.